The van der Waals surface area contributed by atoms with Gasteiger partial charge in [0.05, 0.1) is 18.8 Å². The van der Waals surface area contributed by atoms with Gasteiger partial charge in [-0.05, 0) is 37.2 Å². The molecule has 0 radical (unpaired) electrons. The minimum absolute atomic E-state index is 0.226. The van der Waals surface area contributed by atoms with Crippen molar-refractivity contribution in [3.05, 3.63) is 34.1 Å². The average Bonchev–Trinajstić information content (AvgIpc) is 2.12. The van der Waals surface area contributed by atoms with Crippen molar-refractivity contribution < 1.29 is 9.13 Å². The van der Waals surface area contributed by atoms with E-state index in [4.69, 9.17) is 16.3 Å². The van der Waals surface area contributed by atoms with Crippen LogP contribution in [-0.2, 0) is 10.3 Å². The fourth-order valence-corrected chi connectivity index (χ4v) is 2.15. The fraction of sp³-hybridized carbons (Fsp3) is 0.455. The van der Waals surface area contributed by atoms with Crippen molar-refractivity contribution in [2.45, 2.75) is 12.5 Å². The molecule has 1 aliphatic heterocycles. The van der Waals surface area contributed by atoms with Crippen molar-refractivity contribution in [2.75, 3.05) is 20.3 Å². The maximum absolute atomic E-state index is 13.5. The van der Waals surface area contributed by atoms with Gasteiger partial charge in [0.1, 0.15) is 5.82 Å². The molecule has 1 aromatic carbocycles. The van der Waals surface area contributed by atoms with Gasteiger partial charge in [-0.1, -0.05) is 11.6 Å². The maximum atomic E-state index is 13.5. The van der Waals surface area contributed by atoms with E-state index >= 15 is 0 Å². The second kappa shape index (κ2) is 3.74. The highest BCUT2D eigenvalue weighted by molar-refractivity contribution is 6.31. The summed E-state index contributed by atoms with van der Waals surface area (Å²) < 4.78 is 18.6. The summed E-state index contributed by atoms with van der Waals surface area (Å²) in [5.74, 6) is -0.226. The third-order valence-corrected chi connectivity index (χ3v) is 3.25. The molecule has 2 nitrogen and oxygen atoms in total. The van der Waals surface area contributed by atoms with Gasteiger partial charge in [-0.3, -0.25) is 0 Å². The standard InChI is InChI=1S/C11H13ClFNO/c1-7-3-9(12)8(4-10(7)13)11(14-2)5-15-6-11/h3-4,14H,5-6H2,1-2H3. The molecule has 0 saturated carbocycles. The highest BCUT2D eigenvalue weighted by Gasteiger charge is 2.40. The number of hydrogen-bond acceptors (Lipinski definition) is 2. The van der Waals surface area contributed by atoms with Crippen LogP contribution in [0.2, 0.25) is 5.02 Å². The van der Waals surface area contributed by atoms with Crippen LogP contribution in [0.3, 0.4) is 0 Å². The van der Waals surface area contributed by atoms with Crippen LogP contribution >= 0.6 is 11.6 Å². The molecule has 1 aromatic rings. The summed E-state index contributed by atoms with van der Waals surface area (Å²) in [7, 11) is 1.83. The minimum Gasteiger partial charge on any atom is -0.377 e. The molecule has 0 bridgehead atoms. The molecular formula is C11H13ClFNO. The quantitative estimate of drug-likeness (QED) is 0.840. The number of rotatable bonds is 2. The molecule has 0 spiro atoms. The Hall–Kier alpha value is -0.640. The molecule has 1 N–H and O–H groups in total. The Labute approximate surface area is 93.4 Å². The molecule has 1 aliphatic rings. The maximum Gasteiger partial charge on any atom is 0.126 e. The molecule has 1 heterocycles. The van der Waals surface area contributed by atoms with E-state index in [9.17, 15) is 4.39 Å². The van der Waals surface area contributed by atoms with Gasteiger partial charge in [0.25, 0.3) is 0 Å². The molecule has 82 valence electrons. The van der Waals surface area contributed by atoms with E-state index in [2.05, 4.69) is 5.32 Å². The van der Waals surface area contributed by atoms with Crippen LogP contribution in [0.4, 0.5) is 4.39 Å². The van der Waals surface area contributed by atoms with Crippen molar-refractivity contribution in [1.29, 1.82) is 0 Å². The van der Waals surface area contributed by atoms with Gasteiger partial charge in [0.15, 0.2) is 0 Å². The van der Waals surface area contributed by atoms with Crippen LogP contribution in [0.5, 0.6) is 0 Å². The number of nitrogens with one attached hydrogen (secondary N) is 1. The van der Waals surface area contributed by atoms with E-state index in [-0.39, 0.29) is 11.4 Å². The van der Waals surface area contributed by atoms with Gasteiger partial charge in [-0.25, -0.2) is 4.39 Å². The first-order valence-electron chi connectivity index (χ1n) is 4.82. The zero-order chi connectivity index (χ0) is 11.1. The Balaban J connectivity index is 2.47. The topological polar surface area (TPSA) is 21.3 Å². The Morgan fingerprint density at radius 1 is 1.47 bits per heavy atom. The predicted octanol–water partition coefficient (Wildman–Crippen LogP) is 2.23. The normalized spacial score (nSPS) is 18.7. The van der Waals surface area contributed by atoms with Gasteiger partial charge in [0, 0.05) is 5.02 Å². The summed E-state index contributed by atoms with van der Waals surface area (Å²) >= 11 is 6.12. The van der Waals surface area contributed by atoms with E-state index in [1.807, 2.05) is 7.05 Å². The van der Waals surface area contributed by atoms with Crippen LogP contribution in [0.1, 0.15) is 11.1 Å². The zero-order valence-electron chi connectivity index (χ0n) is 8.73. The van der Waals surface area contributed by atoms with Crippen molar-refractivity contribution in [1.82, 2.24) is 5.32 Å². The van der Waals surface area contributed by atoms with E-state index in [0.29, 0.717) is 23.8 Å². The van der Waals surface area contributed by atoms with Gasteiger partial charge in [-0.15, -0.1) is 0 Å². The molecule has 0 aromatic heterocycles. The van der Waals surface area contributed by atoms with Crippen molar-refractivity contribution in [2.24, 2.45) is 0 Å². The van der Waals surface area contributed by atoms with E-state index < -0.39 is 0 Å². The predicted molar refractivity (Wildman–Crippen MR) is 57.7 cm³/mol. The van der Waals surface area contributed by atoms with E-state index in [1.54, 1.807) is 13.0 Å². The van der Waals surface area contributed by atoms with Crippen LogP contribution in [0.15, 0.2) is 12.1 Å². The van der Waals surface area contributed by atoms with Crippen LogP contribution in [0.25, 0.3) is 0 Å². The lowest BCUT2D eigenvalue weighted by molar-refractivity contribution is -0.0748. The lowest BCUT2D eigenvalue weighted by Gasteiger charge is -2.42. The second-order valence-electron chi connectivity index (χ2n) is 3.91. The zero-order valence-corrected chi connectivity index (χ0v) is 9.49. The Kier molecular flexibility index (Phi) is 2.71. The molecule has 4 heteroatoms. The lowest BCUT2D eigenvalue weighted by atomic mass is 9.87. The van der Waals surface area contributed by atoms with Gasteiger partial charge >= 0.3 is 0 Å². The van der Waals surface area contributed by atoms with Gasteiger partial charge < -0.3 is 10.1 Å². The summed E-state index contributed by atoms with van der Waals surface area (Å²) in [4.78, 5) is 0. The second-order valence-corrected chi connectivity index (χ2v) is 4.31. The van der Waals surface area contributed by atoms with Gasteiger partial charge in [-0.2, -0.15) is 0 Å². The molecule has 2 rings (SSSR count). The molecule has 0 aliphatic carbocycles. The number of benzene rings is 1. The number of halogens is 2. The number of aryl methyl sites for hydroxylation is 1. The SMILES string of the molecule is CNC1(c2cc(F)c(C)cc2Cl)COC1. The van der Waals surface area contributed by atoms with Crippen molar-refractivity contribution in [3.8, 4) is 0 Å². The first kappa shape index (κ1) is 10.9. The molecule has 1 fully saturated rings. The summed E-state index contributed by atoms with van der Waals surface area (Å²) in [5, 5.41) is 3.73. The van der Waals surface area contributed by atoms with Crippen LogP contribution < -0.4 is 5.32 Å². The Morgan fingerprint density at radius 2 is 2.13 bits per heavy atom. The molecular weight excluding hydrogens is 217 g/mol. The third-order valence-electron chi connectivity index (χ3n) is 2.94. The first-order valence-corrected chi connectivity index (χ1v) is 5.20. The molecule has 0 amide bonds. The van der Waals surface area contributed by atoms with Crippen LogP contribution in [-0.4, -0.2) is 20.3 Å². The number of likely N-dealkylation sites (N-methyl/N-ethyl adjacent to an activating group) is 1. The first-order chi connectivity index (χ1) is 7.09. The van der Waals surface area contributed by atoms with Crippen molar-refractivity contribution in [3.63, 3.8) is 0 Å². The number of ether oxygens (including phenoxy) is 1. The smallest absolute Gasteiger partial charge is 0.126 e. The largest absolute Gasteiger partial charge is 0.377 e. The summed E-state index contributed by atoms with van der Waals surface area (Å²) in [5.41, 5.74) is 1.03. The average molecular weight is 230 g/mol. The molecule has 0 atom stereocenters. The van der Waals surface area contributed by atoms with Crippen LogP contribution in [0, 0.1) is 12.7 Å². The number of hydrogen-bond donors (Lipinski definition) is 1. The minimum atomic E-state index is -0.314. The molecule has 15 heavy (non-hydrogen) atoms. The van der Waals surface area contributed by atoms with Crippen molar-refractivity contribution >= 4 is 11.6 Å². The monoisotopic (exact) mass is 229 g/mol. The molecule has 0 unspecified atom stereocenters. The summed E-state index contributed by atoms with van der Waals surface area (Å²) in [6, 6.07) is 3.15. The lowest BCUT2D eigenvalue weighted by Crippen LogP contribution is -2.56. The molecule has 1 saturated heterocycles. The summed E-state index contributed by atoms with van der Waals surface area (Å²) in [6.07, 6.45) is 0. The summed E-state index contributed by atoms with van der Waals surface area (Å²) in [6.45, 7) is 2.77. The van der Waals surface area contributed by atoms with E-state index in [0.717, 1.165) is 5.56 Å². The highest BCUT2D eigenvalue weighted by atomic mass is 35.5. The Bertz CT molecular complexity index is 385. The Morgan fingerprint density at radius 3 is 2.60 bits per heavy atom. The van der Waals surface area contributed by atoms with Gasteiger partial charge in [0.2, 0.25) is 0 Å². The highest BCUT2D eigenvalue weighted by Crippen LogP contribution is 2.35. The third kappa shape index (κ3) is 1.65. The fourth-order valence-electron chi connectivity index (χ4n) is 1.75. The van der Waals surface area contributed by atoms with E-state index in [1.165, 1.54) is 6.07 Å².